The third-order valence-corrected chi connectivity index (χ3v) is 4.65. The summed E-state index contributed by atoms with van der Waals surface area (Å²) in [5.74, 6) is -0.302. The van der Waals surface area contributed by atoms with E-state index in [1.54, 1.807) is 6.92 Å². The van der Waals surface area contributed by atoms with Crippen LogP contribution in [0.5, 0.6) is 0 Å². The molecule has 1 saturated carbocycles. The van der Waals surface area contributed by atoms with E-state index in [2.05, 4.69) is 13.2 Å². The second-order valence-electron chi connectivity index (χ2n) is 5.84. The van der Waals surface area contributed by atoms with Gasteiger partial charge in [0, 0.05) is 23.3 Å². The van der Waals surface area contributed by atoms with Gasteiger partial charge in [0.25, 0.3) is 0 Å². The van der Waals surface area contributed by atoms with E-state index in [1.165, 1.54) is 0 Å². The monoisotopic (exact) mass is 246 g/mol. The van der Waals surface area contributed by atoms with Crippen molar-refractivity contribution in [1.82, 2.24) is 0 Å². The van der Waals surface area contributed by atoms with Gasteiger partial charge in [-0.25, -0.2) is 4.79 Å². The zero-order chi connectivity index (χ0) is 13.1. The molecule has 3 heteroatoms. The highest BCUT2D eigenvalue weighted by molar-refractivity contribution is 5.91. The fraction of sp³-hybridized carbons (Fsp3) is 0.533. The van der Waals surface area contributed by atoms with Gasteiger partial charge in [0.05, 0.1) is 5.60 Å². The molecule has 96 valence electrons. The summed E-state index contributed by atoms with van der Waals surface area (Å²) in [5.41, 5.74) is 0.731. The highest BCUT2D eigenvalue weighted by Gasteiger charge is 2.54. The number of hydrogen-bond acceptors (Lipinski definition) is 3. The SMILES string of the molecule is C=C1CC[C@H]2C(=C)C(=O)O[C@@H]2[C@@H]2[C@H]1C=C[C@@]2(C)O. The van der Waals surface area contributed by atoms with Crippen molar-refractivity contribution in [2.45, 2.75) is 31.5 Å². The zero-order valence-electron chi connectivity index (χ0n) is 10.6. The Labute approximate surface area is 107 Å². The van der Waals surface area contributed by atoms with Gasteiger partial charge in [0.15, 0.2) is 0 Å². The normalized spacial score (nSPS) is 46.7. The molecule has 3 nitrogen and oxygen atoms in total. The lowest BCUT2D eigenvalue weighted by molar-refractivity contribution is -0.145. The second-order valence-corrected chi connectivity index (χ2v) is 5.84. The van der Waals surface area contributed by atoms with Crippen LogP contribution in [0.25, 0.3) is 0 Å². The van der Waals surface area contributed by atoms with Crippen molar-refractivity contribution in [1.29, 1.82) is 0 Å². The molecule has 1 saturated heterocycles. The second kappa shape index (κ2) is 3.58. The van der Waals surface area contributed by atoms with E-state index in [-0.39, 0.29) is 29.8 Å². The molecule has 18 heavy (non-hydrogen) atoms. The smallest absolute Gasteiger partial charge is 0.334 e. The number of hydrogen-bond donors (Lipinski definition) is 1. The van der Waals surface area contributed by atoms with Gasteiger partial charge in [-0.2, -0.15) is 0 Å². The molecular weight excluding hydrogens is 228 g/mol. The van der Waals surface area contributed by atoms with Crippen molar-refractivity contribution < 1.29 is 14.6 Å². The molecule has 5 atom stereocenters. The first kappa shape index (κ1) is 11.7. The van der Waals surface area contributed by atoms with Crippen molar-refractivity contribution in [2.24, 2.45) is 17.8 Å². The Hall–Kier alpha value is -1.35. The van der Waals surface area contributed by atoms with Crippen LogP contribution in [0.4, 0.5) is 0 Å². The Balaban J connectivity index is 2.04. The van der Waals surface area contributed by atoms with Gasteiger partial charge >= 0.3 is 5.97 Å². The van der Waals surface area contributed by atoms with E-state index in [0.29, 0.717) is 5.57 Å². The zero-order valence-corrected chi connectivity index (χ0v) is 10.6. The average molecular weight is 246 g/mol. The van der Waals surface area contributed by atoms with Gasteiger partial charge < -0.3 is 9.84 Å². The highest BCUT2D eigenvalue weighted by atomic mass is 16.6. The predicted molar refractivity (Wildman–Crippen MR) is 67.6 cm³/mol. The third-order valence-electron chi connectivity index (χ3n) is 4.65. The van der Waals surface area contributed by atoms with Crippen LogP contribution in [-0.4, -0.2) is 22.8 Å². The minimum Gasteiger partial charge on any atom is -0.458 e. The Bertz CT molecular complexity index is 472. The maximum absolute atomic E-state index is 11.7. The van der Waals surface area contributed by atoms with E-state index >= 15 is 0 Å². The summed E-state index contributed by atoms with van der Waals surface area (Å²) in [6, 6.07) is 0. The molecule has 2 fully saturated rings. The summed E-state index contributed by atoms with van der Waals surface area (Å²) >= 11 is 0. The van der Waals surface area contributed by atoms with E-state index < -0.39 is 5.60 Å². The molecular formula is C15H18O3. The van der Waals surface area contributed by atoms with Crippen LogP contribution in [0.3, 0.4) is 0 Å². The molecule has 0 bridgehead atoms. The van der Waals surface area contributed by atoms with Crippen molar-refractivity contribution in [2.75, 3.05) is 0 Å². The predicted octanol–water partition coefficient (Wildman–Crippen LogP) is 1.99. The molecule has 0 spiro atoms. The molecule has 1 N–H and O–H groups in total. The highest BCUT2D eigenvalue weighted by Crippen LogP contribution is 2.50. The molecule has 1 heterocycles. The number of fused-ring (bicyclic) bond motifs is 3. The van der Waals surface area contributed by atoms with E-state index in [0.717, 1.165) is 18.4 Å². The van der Waals surface area contributed by atoms with Crippen molar-refractivity contribution in [3.63, 3.8) is 0 Å². The Morgan fingerprint density at radius 3 is 2.94 bits per heavy atom. The summed E-state index contributed by atoms with van der Waals surface area (Å²) in [4.78, 5) is 11.7. The maximum atomic E-state index is 11.7. The van der Waals surface area contributed by atoms with E-state index in [9.17, 15) is 9.90 Å². The summed E-state index contributed by atoms with van der Waals surface area (Å²) in [7, 11) is 0. The Morgan fingerprint density at radius 2 is 2.22 bits per heavy atom. The number of rotatable bonds is 0. The minimum atomic E-state index is -0.939. The van der Waals surface area contributed by atoms with Gasteiger partial charge in [-0.05, 0) is 19.8 Å². The van der Waals surface area contributed by atoms with Gasteiger partial charge in [0.2, 0.25) is 0 Å². The lowest BCUT2D eigenvalue weighted by Gasteiger charge is -2.34. The molecule has 0 radical (unpaired) electrons. The summed E-state index contributed by atoms with van der Waals surface area (Å²) in [6.45, 7) is 9.74. The van der Waals surface area contributed by atoms with Crippen LogP contribution in [0.15, 0.2) is 36.5 Å². The van der Waals surface area contributed by atoms with Gasteiger partial charge in [-0.3, -0.25) is 0 Å². The van der Waals surface area contributed by atoms with Crippen LogP contribution in [0, 0.1) is 17.8 Å². The van der Waals surface area contributed by atoms with Gasteiger partial charge in [-0.15, -0.1) is 0 Å². The third kappa shape index (κ3) is 1.43. The first-order valence-corrected chi connectivity index (χ1v) is 6.41. The van der Waals surface area contributed by atoms with Crippen LogP contribution < -0.4 is 0 Å². The fourth-order valence-electron chi connectivity index (χ4n) is 3.62. The lowest BCUT2D eigenvalue weighted by Crippen LogP contribution is -2.42. The van der Waals surface area contributed by atoms with Gasteiger partial charge in [-0.1, -0.05) is 30.9 Å². The Morgan fingerprint density at radius 1 is 1.50 bits per heavy atom. The number of carbonyl (C=O) groups excluding carboxylic acids is 1. The number of esters is 1. The molecule has 0 aromatic carbocycles. The van der Waals surface area contributed by atoms with E-state index in [1.807, 2.05) is 12.2 Å². The first-order chi connectivity index (χ1) is 8.42. The molecule has 0 aromatic rings. The molecule has 2 aliphatic carbocycles. The molecule has 3 aliphatic rings. The lowest BCUT2D eigenvalue weighted by atomic mass is 9.76. The van der Waals surface area contributed by atoms with Crippen molar-refractivity contribution >= 4 is 5.97 Å². The fourth-order valence-corrected chi connectivity index (χ4v) is 3.62. The van der Waals surface area contributed by atoms with Crippen molar-refractivity contribution in [3.05, 3.63) is 36.5 Å². The van der Waals surface area contributed by atoms with Crippen molar-refractivity contribution in [3.8, 4) is 0 Å². The van der Waals surface area contributed by atoms with E-state index in [4.69, 9.17) is 4.74 Å². The molecule has 3 rings (SSSR count). The average Bonchev–Trinajstić information content (AvgIpc) is 2.69. The largest absolute Gasteiger partial charge is 0.458 e. The first-order valence-electron chi connectivity index (χ1n) is 6.41. The van der Waals surface area contributed by atoms with Crippen LogP contribution >= 0.6 is 0 Å². The molecule has 1 aliphatic heterocycles. The van der Waals surface area contributed by atoms with Gasteiger partial charge in [0.1, 0.15) is 6.10 Å². The number of allylic oxidation sites excluding steroid dienone is 2. The van der Waals surface area contributed by atoms with Crippen LogP contribution in [-0.2, 0) is 9.53 Å². The quantitative estimate of drug-likeness (QED) is 0.404. The topological polar surface area (TPSA) is 46.5 Å². The molecule has 0 aromatic heterocycles. The summed E-state index contributed by atoms with van der Waals surface area (Å²) < 4.78 is 5.48. The standard InChI is InChI=1S/C15H18O3/c1-8-4-5-11-9(2)14(16)18-13(11)12-10(8)6-7-15(12,3)17/h6-7,10-13,17H,1-2,4-5H2,3H3/t10-,11-,12-,13-,15+/m0/s1. The number of aliphatic hydroxyl groups is 1. The van der Waals surface area contributed by atoms with Crippen LogP contribution in [0.1, 0.15) is 19.8 Å². The Kier molecular flexibility index (Phi) is 2.33. The van der Waals surface area contributed by atoms with Crippen LogP contribution in [0.2, 0.25) is 0 Å². The number of carbonyl (C=O) groups is 1. The molecule has 0 amide bonds. The summed E-state index contributed by atoms with van der Waals surface area (Å²) in [5, 5.41) is 10.5. The molecule has 0 unspecified atom stereocenters. The number of ether oxygens (including phenoxy) is 1. The summed E-state index contributed by atoms with van der Waals surface area (Å²) in [6.07, 6.45) is 5.25. The minimum absolute atomic E-state index is 0.0237. The maximum Gasteiger partial charge on any atom is 0.334 e.